The molecule has 1 N–H and O–H groups in total. The molecule has 2 rings (SSSR count). The Morgan fingerprint density at radius 3 is 2.47 bits per heavy atom. The maximum absolute atomic E-state index is 4.49. The van der Waals surface area contributed by atoms with Crippen molar-refractivity contribution in [3.8, 4) is 0 Å². The summed E-state index contributed by atoms with van der Waals surface area (Å²) in [5.74, 6) is 0. The molecule has 1 aromatic heterocycles. The topological polar surface area (TPSA) is 24.9 Å². The maximum atomic E-state index is 4.49. The Kier molecular flexibility index (Phi) is 5.43. The van der Waals surface area contributed by atoms with Crippen molar-refractivity contribution < 1.29 is 0 Å². The molecule has 100 valence electrons. The molecule has 19 heavy (non-hydrogen) atoms. The molecule has 0 radical (unpaired) electrons. The number of hydrogen-bond donors (Lipinski definition) is 1. The molecular formula is C15H17BrN2S. The minimum atomic E-state index is 0.497. The lowest BCUT2D eigenvalue weighted by Crippen LogP contribution is -2.21. The van der Waals surface area contributed by atoms with Gasteiger partial charge in [-0.15, -0.1) is 0 Å². The molecule has 2 nitrogen and oxygen atoms in total. The summed E-state index contributed by atoms with van der Waals surface area (Å²) in [6.45, 7) is 5.16. The fourth-order valence-electron chi connectivity index (χ4n) is 1.52. The highest BCUT2D eigenvalue weighted by Crippen LogP contribution is 2.27. The Balaban J connectivity index is 1.96. The normalized spacial score (nSPS) is 10.9. The van der Waals surface area contributed by atoms with E-state index in [0.717, 1.165) is 16.0 Å². The van der Waals surface area contributed by atoms with Crippen molar-refractivity contribution in [2.24, 2.45) is 0 Å². The van der Waals surface area contributed by atoms with Gasteiger partial charge in [0, 0.05) is 28.2 Å². The van der Waals surface area contributed by atoms with Gasteiger partial charge < -0.3 is 5.32 Å². The number of rotatable bonds is 5. The lowest BCUT2D eigenvalue weighted by Gasteiger charge is -2.08. The van der Waals surface area contributed by atoms with Crippen molar-refractivity contribution >= 4 is 27.7 Å². The fraction of sp³-hybridized carbons (Fsp3) is 0.267. The van der Waals surface area contributed by atoms with E-state index < -0.39 is 0 Å². The van der Waals surface area contributed by atoms with Crippen LogP contribution in [0.15, 0.2) is 57.0 Å². The number of benzene rings is 1. The largest absolute Gasteiger partial charge is 0.310 e. The van der Waals surface area contributed by atoms with Crippen molar-refractivity contribution in [3.63, 3.8) is 0 Å². The van der Waals surface area contributed by atoms with Crippen molar-refractivity contribution in [2.45, 2.75) is 36.4 Å². The number of hydrogen-bond acceptors (Lipinski definition) is 3. The molecule has 2 aromatic rings. The molecule has 0 aliphatic heterocycles. The van der Waals surface area contributed by atoms with E-state index in [4.69, 9.17) is 0 Å². The number of nitrogens with one attached hydrogen (secondary N) is 1. The average Bonchev–Trinajstić information content (AvgIpc) is 2.40. The van der Waals surface area contributed by atoms with E-state index in [1.807, 2.05) is 18.3 Å². The van der Waals surface area contributed by atoms with Gasteiger partial charge in [-0.1, -0.05) is 47.6 Å². The maximum Gasteiger partial charge on any atom is 0.101 e. The first-order valence-corrected chi connectivity index (χ1v) is 7.86. The first kappa shape index (κ1) is 14.6. The van der Waals surface area contributed by atoms with Crippen LogP contribution in [-0.2, 0) is 6.54 Å². The van der Waals surface area contributed by atoms with E-state index in [-0.39, 0.29) is 0 Å². The third-order valence-electron chi connectivity index (χ3n) is 2.55. The summed E-state index contributed by atoms with van der Waals surface area (Å²) < 4.78 is 1.10. The quantitative estimate of drug-likeness (QED) is 0.870. The third-order valence-corrected chi connectivity index (χ3v) is 4.04. The summed E-state index contributed by atoms with van der Waals surface area (Å²) >= 11 is 5.11. The zero-order valence-corrected chi connectivity index (χ0v) is 13.5. The van der Waals surface area contributed by atoms with Gasteiger partial charge in [0.15, 0.2) is 0 Å². The first-order chi connectivity index (χ1) is 9.13. The van der Waals surface area contributed by atoms with Crippen LogP contribution in [-0.4, -0.2) is 11.0 Å². The summed E-state index contributed by atoms with van der Waals surface area (Å²) in [5, 5.41) is 4.41. The van der Waals surface area contributed by atoms with Crippen molar-refractivity contribution in [1.82, 2.24) is 10.3 Å². The van der Waals surface area contributed by atoms with E-state index in [9.17, 15) is 0 Å². The Morgan fingerprint density at radius 1 is 1.16 bits per heavy atom. The van der Waals surface area contributed by atoms with Crippen LogP contribution in [0.3, 0.4) is 0 Å². The van der Waals surface area contributed by atoms with Crippen LogP contribution in [0.25, 0.3) is 0 Å². The predicted molar refractivity (Wildman–Crippen MR) is 84.5 cm³/mol. The summed E-state index contributed by atoms with van der Waals surface area (Å²) in [4.78, 5) is 5.68. The van der Waals surface area contributed by atoms with Gasteiger partial charge in [0.05, 0.1) is 0 Å². The summed E-state index contributed by atoms with van der Waals surface area (Å²) in [5.41, 5.74) is 1.22. The molecule has 0 aliphatic rings. The van der Waals surface area contributed by atoms with Crippen molar-refractivity contribution in [2.75, 3.05) is 0 Å². The van der Waals surface area contributed by atoms with E-state index in [0.29, 0.717) is 6.04 Å². The first-order valence-electron chi connectivity index (χ1n) is 6.25. The second-order valence-corrected chi connectivity index (χ2v) is 6.61. The SMILES string of the molecule is CC(C)NCc1ccc(Sc2ccc(Br)cc2)nc1. The monoisotopic (exact) mass is 336 g/mol. The lowest BCUT2D eigenvalue weighted by molar-refractivity contribution is 0.587. The van der Waals surface area contributed by atoms with Crippen LogP contribution >= 0.6 is 27.7 Å². The zero-order valence-electron chi connectivity index (χ0n) is 11.1. The highest BCUT2D eigenvalue weighted by Gasteiger charge is 2.00. The van der Waals surface area contributed by atoms with Gasteiger partial charge >= 0.3 is 0 Å². The summed E-state index contributed by atoms with van der Waals surface area (Å²) in [7, 11) is 0. The van der Waals surface area contributed by atoms with Gasteiger partial charge in [0.1, 0.15) is 5.03 Å². The van der Waals surface area contributed by atoms with Gasteiger partial charge in [-0.3, -0.25) is 0 Å². The van der Waals surface area contributed by atoms with E-state index >= 15 is 0 Å². The number of aromatic nitrogens is 1. The van der Waals surface area contributed by atoms with Crippen LogP contribution in [0.4, 0.5) is 0 Å². The van der Waals surface area contributed by atoms with E-state index in [2.05, 4.69) is 64.3 Å². The van der Waals surface area contributed by atoms with Crippen LogP contribution in [0.2, 0.25) is 0 Å². The Hall–Kier alpha value is -0.840. The molecule has 0 bridgehead atoms. The minimum Gasteiger partial charge on any atom is -0.310 e. The summed E-state index contributed by atoms with van der Waals surface area (Å²) in [6.07, 6.45) is 1.94. The lowest BCUT2D eigenvalue weighted by atomic mass is 10.2. The molecule has 0 fully saturated rings. The zero-order chi connectivity index (χ0) is 13.7. The van der Waals surface area contributed by atoms with Gasteiger partial charge in [0.25, 0.3) is 0 Å². The molecule has 0 spiro atoms. The molecule has 0 amide bonds. The molecule has 0 saturated heterocycles. The Labute approximate surface area is 127 Å². The smallest absolute Gasteiger partial charge is 0.101 e. The van der Waals surface area contributed by atoms with Gasteiger partial charge in [0.2, 0.25) is 0 Å². The highest BCUT2D eigenvalue weighted by molar-refractivity contribution is 9.10. The molecule has 4 heteroatoms. The van der Waals surface area contributed by atoms with Gasteiger partial charge in [-0.25, -0.2) is 4.98 Å². The number of nitrogens with zero attached hydrogens (tertiary/aromatic N) is 1. The average molecular weight is 337 g/mol. The third kappa shape index (κ3) is 4.97. The highest BCUT2D eigenvalue weighted by atomic mass is 79.9. The molecule has 1 heterocycles. The Morgan fingerprint density at radius 2 is 1.89 bits per heavy atom. The van der Waals surface area contributed by atoms with Crippen molar-refractivity contribution in [3.05, 3.63) is 52.6 Å². The van der Waals surface area contributed by atoms with Crippen LogP contribution < -0.4 is 5.32 Å². The second-order valence-electron chi connectivity index (χ2n) is 4.60. The second kappa shape index (κ2) is 7.08. The Bertz CT molecular complexity index is 509. The molecule has 0 aliphatic carbocycles. The molecule has 0 unspecified atom stereocenters. The predicted octanol–water partition coefficient (Wildman–Crippen LogP) is 4.49. The molecule has 1 aromatic carbocycles. The number of halogens is 1. The van der Waals surface area contributed by atoms with Gasteiger partial charge in [-0.2, -0.15) is 0 Å². The molecule has 0 saturated carbocycles. The van der Waals surface area contributed by atoms with Crippen LogP contribution in [0.5, 0.6) is 0 Å². The fourth-order valence-corrected chi connectivity index (χ4v) is 2.54. The number of pyridine rings is 1. The van der Waals surface area contributed by atoms with Crippen LogP contribution in [0, 0.1) is 0 Å². The standard InChI is InChI=1S/C15H17BrN2S/c1-11(2)17-9-12-3-8-15(18-10-12)19-14-6-4-13(16)5-7-14/h3-8,10-11,17H,9H2,1-2H3. The minimum absolute atomic E-state index is 0.497. The van der Waals surface area contributed by atoms with E-state index in [1.54, 1.807) is 11.8 Å². The van der Waals surface area contributed by atoms with Gasteiger partial charge in [-0.05, 0) is 35.9 Å². The van der Waals surface area contributed by atoms with Crippen LogP contribution in [0.1, 0.15) is 19.4 Å². The molecular weight excluding hydrogens is 320 g/mol. The molecule has 0 atom stereocenters. The van der Waals surface area contributed by atoms with Crippen molar-refractivity contribution in [1.29, 1.82) is 0 Å². The summed E-state index contributed by atoms with van der Waals surface area (Å²) in [6, 6.07) is 13.0. The van der Waals surface area contributed by atoms with E-state index in [1.165, 1.54) is 10.5 Å².